The molecule has 1 heterocycles. The maximum atomic E-state index is 12.2. The summed E-state index contributed by atoms with van der Waals surface area (Å²) in [6, 6.07) is 6.28. The van der Waals surface area contributed by atoms with Crippen LogP contribution in [0.1, 0.15) is 25.8 Å². The van der Waals surface area contributed by atoms with Gasteiger partial charge in [0.05, 0.1) is 12.0 Å². The van der Waals surface area contributed by atoms with E-state index in [9.17, 15) is 14.7 Å². The van der Waals surface area contributed by atoms with Gasteiger partial charge >= 0.3 is 0 Å². The van der Waals surface area contributed by atoms with Crippen molar-refractivity contribution >= 4 is 22.8 Å². The van der Waals surface area contributed by atoms with Gasteiger partial charge in [0, 0.05) is 23.5 Å². The maximum Gasteiger partial charge on any atom is 0.279 e. The molecule has 2 atom stereocenters. The monoisotopic (exact) mass is 317 g/mol. The summed E-state index contributed by atoms with van der Waals surface area (Å²) in [7, 11) is 0. The van der Waals surface area contributed by atoms with E-state index in [4.69, 9.17) is 0 Å². The van der Waals surface area contributed by atoms with Gasteiger partial charge in [0.15, 0.2) is 6.04 Å². The molecule has 1 amide bonds. The van der Waals surface area contributed by atoms with Gasteiger partial charge in [0.2, 0.25) is 0 Å². The van der Waals surface area contributed by atoms with E-state index in [0.29, 0.717) is 12.8 Å². The molecule has 6 heteroatoms. The van der Waals surface area contributed by atoms with Crippen molar-refractivity contribution in [2.75, 3.05) is 0 Å². The molecule has 0 unspecified atom stereocenters. The first kappa shape index (κ1) is 17.0. The van der Waals surface area contributed by atoms with E-state index >= 15 is 0 Å². The average molecular weight is 317 g/mol. The first-order chi connectivity index (χ1) is 10.9. The van der Waals surface area contributed by atoms with E-state index in [1.165, 1.54) is 0 Å². The van der Waals surface area contributed by atoms with Crippen LogP contribution < -0.4 is 16.2 Å². The Morgan fingerprint density at radius 2 is 2.00 bits per heavy atom. The van der Waals surface area contributed by atoms with Crippen molar-refractivity contribution in [3.63, 3.8) is 0 Å². The summed E-state index contributed by atoms with van der Waals surface area (Å²) in [5, 5.41) is 14.7. The van der Waals surface area contributed by atoms with Crippen molar-refractivity contribution < 1.29 is 20.4 Å². The molecule has 0 aliphatic carbocycles. The molecule has 0 spiro atoms. The van der Waals surface area contributed by atoms with Crippen LogP contribution in [0.5, 0.6) is 0 Å². The van der Waals surface area contributed by atoms with E-state index in [1.54, 1.807) is 0 Å². The van der Waals surface area contributed by atoms with Crippen LogP contribution in [0.15, 0.2) is 30.5 Å². The Labute approximate surface area is 135 Å². The Kier molecular flexibility index (Phi) is 5.39. The van der Waals surface area contributed by atoms with Gasteiger partial charge in [-0.3, -0.25) is 4.79 Å². The lowest BCUT2D eigenvalue weighted by molar-refractivity contribution is -0.403. The average Bonchev–Trinajstić information content (AvgIpc) is 2.89. The lowest BCUT2D eigenvalue weighted by atomic mass is 10.0. The number of carboxylic acids is 1. The molecular formula is C17H23N3O3. The third-order valence-electron chi connectivity index (χ3n) is 3.82. The van der Waals surface area contributed by atoms with Crippen molar-refractivity contribution in [2.45, 2.75) is 38.8 Å². The standard InChI is InChI=1S/C17H23N3O3/c1-10(2)7-15(17(22)23)20-16(21)13(18)8-11-9-19-14-6-4-3-5-12(11)14/h3-6,9-10,13,15,19H,7-8,18H2,1-2H3,(H,20,21)(H,22,23)/t13-,15-/m0/s1. The number of nitrogens with one attached hydrogen (secondary N) is 2. The van der Waals surface area contributed by atoms with E-state index < -0.39 is 18.1 Å². The number of aromatic amines is 1. The lowest BCUT2D eigenvalue weighted by Gasteiger charge is -2.22. The number of benzene rings is 1. The van der Waals surface area contributed by atoms with Gasteiger partial charge in [-0.2, -0.15) is 0 Å². The Morgan fingerprint density at radius 1 is 1.30 bits per heavy atom. The van der Waals surface area contributed by atoms with E-state index in [0.717, 1.165) is 16.5 Å². The van der Waals surface area contributed by atoms with Crippen molar-refractivity contribution in [2.24, 2.45) is 5.92 Å². The molecule has 0 saturated heterocycles. The second kappa shape index (κ2) is 7.28. The van der Waals surface area contributed by atoms with Gasteiger partial charge < -0.3 is 25.9 Å². The Hall–Kier alpha value is -2.34. The number of quaternary nitrogens is 1. The topological polar surface area (TPSA) is 113 Å². The number of amides is 1. The van der Waals surface area contributed by atoms with Crippen LogP contribution in [-0.2, 0) is 16.0 Å². The molecule has 0 aliphatic heterocycles. The van der Waals surface area contributed by atoms with Crippen molar-refractivity contribution in [1.82, 2.24) is 10.3 Å². The quantitative estimate of drug-likeness (QED) is 0.646. The normalized spacial score (nSPS) is 13.9. The predicted molar refractivity (Wildman–Crippen MR) is 85.1 cm³/mol. The SMILES string of the molecule is CC(C)C[C@H](NC(=O)[C@@H]([NH3+])Cc1c[nH]c2ccccc12)C(=O)[O-]. The summed E-state index contributed by atoms with van der Waals surface area (Å²) in [6.45, 7) is 3.80. The number of hydrogen-bond acceptors (Lipinski definition) is 3. The largest absolute Gasteiger partial charge is 0.548 e. The number of carbonyl (C=O) groups is 2. The Bertz CT molecular complexity index is 693. The molecule has 23 heavy (non-hydrogen) atoms. The third kappa shape index (κ3) is 4.32. The minimum atomic E-state index is -1.26. The fourth-order valence-corrected chi connectivity index (χ4v) is 2.63. The van der Waals surface area contributed by atoms with E-state index in [1.807, 2.05) is 44.3 Å². The zero-order chi connectivity index (χ0) is 17.0. The molecule has 2 aromatic rings. The first-order valence-electron chi connectivity index (χ1n) is 7.77. The summed E-state index contributed by atoms with van der Waals surface area (Å²) < 4.78 is 0. The second-order valence-electron chi connectivity index (χ2n) is 6.27. The highest BCUT2D eigenvalue weighted by atomic mass is 16.4. The number of hydrogen-bond donors (Lipinski definition) is 3. The van der Waals surface area contributed by atoms with Crippen molar-refractivity contribution in [3.8, 4) is 0 Å². The predicted octanol–water partition coefficient (Wildman–Crippen LogP) is -0.398. The summed E-state index contributed by atoms with van der Waals surface area (Å²) >= 11 is 0. The van der Waals surface area contributed by atoms with Gasteiger partial charge in [-0.25, -0.2) is 0 Å². The second-order valence-corrected chi connectivity index (χ2v) is 6.27. The molecule has 1 aromatic heterocycles. The van der Waals surface area contributed by atoms with Crippen LogP contribution in [0.25, 0.3) is 10.9 Å². The number of H-pyrrole nitrogens is 1. The van der Waals surface area contributed by atoms with Gasteiger partial charge in [-0.15, -0.1) is 0 Å². The zero-order valence-electron chi connectivity index (χ0n) is 13.5. The zero-order valence-corrected chi connectivity index (χ0v) is 13.5. The fraction of sp³-hybridized carbons (Fsp3) is 0.412. The van der Waals surface area contributed by atoms with Crippen LogP contribution in [0, 0.1) is 5.92 Å². The molecule has 6 nitrogen and oxygen atoms in total. The number of para-hydroxylation sites is 1. The van der Waals surface area contributed by atoms with E-state index in [2.05, 4.69) is 16.0 Å². The van der Waals surface area contributed by atoms with Crippen LogP contribution in [0.2, 0.25) is 0 Å². The smallest absolute Gasteiger partial charge is 0.279 e. The molecule has 0 radical (unpaired) electrons. The number of fused-ring (bicyclic) bond motifs is 1. The van der Waals surface area contributed by atoms with Gasteiger partial charge in [-0.05, 0) is 24.0 Å². The molecule has 2 rings (SSSR count). The summed E-state index contributed by atoms with van der Waals surface area (Å²) in [6.07, 6.45) is 2.64. The molecule has 0 saturated carbocycles. The first-order valence-corrected chi connectivity index (χ1v) is 7.77. The van der Waals surface area contributed by atoms with Crippen molar-refractivity contribution in [1.29, 1.82) is 0 Å². The third-order valence-corrected chi connectivity index (χ3v) is 3.82. The van der Waals surface area contributed by atoms with Gasteiger partial charge in [0.25, 0.3) is 5.91 Å². The number of rotatable bonds is 7. The molecule has 0 fully saturated rings. The van der Waals surface area contributed by atoms with Gasteiger partial charge in [-0.1, -0.05) is 32.0 Å². The molecular weight excluding hydrogens is 294 g/mol. The minimum Gasteiger partial charge on any atom is -0.548 e. The Balaban J connectivity index is 2.03. The van der Waals surface area contributed by atoms with Crippen LogP contribution in [-0.4, -0.2) is 28.9 Å². The highest BCUT2D eigenvalue weighted by Gasteiger charge is 2.23. The van der Waals surface area contributed by atoms with Crippen LogP contribution in [0.4, 0.5) is 0 Å². The molecule has 1 aromatic carbocycles. The minimum absolute atomic E-state index is 0.148. The molecule has 124 valence electrons. The van der Waals surface area contributed by atoms with Crippen LogP contribution in [0.3, 0.4) is 0 Å². The number of carbonyl (C=O) groups excluding carboxylic acids is 2. The highest BCUT2D eigenvalue weighted by Crippen LogP contribution is 2.18. The highest BCUT2D eigenvalue weighted by molar-refractivity contribution is 5.87. The van der Waals surface area contributed by atoms with E-state index in [-0.39, 0.29) is 11.8 Å². The summed E-state index contributed by atoms with van der Waals surface area (Å²) in [5.41, 5.74) is 5.86. The number of aromatic nitrogens is 1. The lowest BCUT2D eigenvalue weighted by Crippen LogP contribution is -2.69. The molecule has 0 bridgehead atoms. The summed E-state index contributed by atoms with van der Waals surface area (Å²) in [5.74, 6) is -1.48. The number of carboxylic acid groups (broad SMARTS) is 1. The number of aliphatic carboxylic acids is 1. The fourth-order valence-electron chi connectivity index (χ4n) is 2.63. The van der Waals surface area contributed by atoms with Crippen molar-refractivity contribution in [3.05, 3.63) is 36.0 Å². The maximum absolute atomic E-state index is 12.2. The molecule has 0 aliphatic rings. The molecule has 5 N–H and O–H groups in total. The van der Waals surface area contributed by atoms with Gasteiger partial charge in [0.1, 0.15) is 0 Å². The summed E-state index contributed by atoms with van der Waals surface area (Å²) in [4.78, 5) is 26.5. The van der Waals surface area contributed by atoms with Crippen LogP contribution >= 0.6 is 0 Å². The Morgan fingerprint density at radius 3 is 2.65 bits per heavy atom.